The molecule has 5 aliphatic rings. The van der Waals surface area contributed by atoms with Gasteiger partial charge in [-0.25, -0.2) is 0 Å². The van der Waals surface area contributed by atoms with Crippen LogP contribution in [0.3, 0.4) is 0 Å². The van der Waals surface area contributed by atoms with Crippen LogP contribution < -0.4 is 0 Å². The van der Waals surface area contributed by atoms with Crippen molar-refractivity contribution in [1.82, 2.24) is 4.90 Å². The highest BCUT2D eigenvalue weighted by Gasteiger charge is 2.63. The molecule has 6 nitrogen and oxygen atoms in total. The molecule has 186 valence electrons. The molecule has 12 atom stereocenters. The first-order valence-electron chi connectivity index (χ1n) is 13.4. The van der Waals surface area contributed by atoms with Crippen molar-refractivity contribution in [1.29, 1.82) is 0 Å². The number of aliphatic hydroxyl groups excluding tert-OH is 2. The minimum Gasteiger partial charge on any atom is -0.393 e. The molecule has 0 bridgehead atoms. The normalized spacial score (nSPS) is 55.5. The lowest BCUT2D eigenvalue weighted by Crippen LogP contribution is -2.70. The molecule has 2 saturated heterocycles. The largest absolute Gasteiger partial charge is 0.393 e. The van der Waals surface area contributed by atoms with Crippen LogP contribution in [-0.4, -0.2) is 68.7 Å². The Bertz CT molecular complexity index is 814. The highest BCUT2D eigenvalue weighted by molar-refractivity contribution is 5.92. The molecule has 33 heavy (non-hydrogen) atoms. The Morgan fingerprint density at radius 2 is 1.73 bits per heavy atom. The molecule has 3 N–H and O–H groups in total. The van der Waals surface area contributed by atoms with E-state index >= 15 is 0 Å². The van der Waals surface area contributed by atoms with Gasteiger partial charge in [0.25, 0.3) is 0 Å². The standard InChI is InChI=1S/C27H43NO5/c1-14-5-8-22-15(2)20-7-6-18(25(32)27(20,33)13-28(22)12-14)19-11-23(30)21-9-17(29)10-24(31)26(21,4)16(19)3/h14-22,24,29,31,33H,5-13H2,1-4H3. The number of rotatable bonds is 1. The first-order chi connectivity index (χ1) is 15.5. The highest BCUT2D eigenvalue weighted by atomic mass is 16.3. The van der Waals surface area contributed by atoms with Crippen LogP contribution in [-0.2, 0) is 9.59 Å². The summed E-state index contributed by atoms with van der Waals surface area (Å²) in [4.78, 5) is 29.7. The van der Waals surface area contributed by atoms with Crippen LogP contribution in [0.5, 0.6) is 0 Å². The van der Waals surface area contributed by atoms with Crippen molar-refractivity contribution in [3.63, 3.8) is 0 Å². The molecule has 3 aliphatic carbocycles. The van der Waals surface area contributed by atoms with Gasteiger partial charge in [-0.1, -0.05) is 27.7 Å². The zero-order valence-corrected chi connectivity index (χ0v) is 20.7. The first kappa shape index (κ1) is 23.9. The van der Waals surface area contributed by atoms with Crippen LogP contribution in [0.25, 0.3) is 0 Å². The number of nitrogens with zero attached hydrogens (tertiary/aromatic N) is 1. The molecule has 5 rings (SSSR count). The van der Waals surface area contributed by atoms with Gasteiger partial charge in [-0.2, -0.15) is 0 Å². The van der Waals surface area contributed by atoms with Crippen LogP contribution in [0.4, 0.5) is 0 Å². The molecule has 0 aromatic rings. The lowest BCUT2D eigenvalue weighted by atomic mass is 9.47. The summed E-state index contributed by atoms with van der Waals surface area (Å²) in [5.41, 5.74) is -1.97. The van der Waals surface area contributed by atoms with Gasteiger partial charge in [0.15, 0.2) is 5.78 Å². The smallest absolute Gasteiger partial charge is 0.169 e. The Hall–Kier alpha value is -0.820. The van der Waals surface area contributed by atoms with Gasteiger partial charge in [-0.15, -0.1) is 0 Å². The van der Waals surface area contributed by atoms with E-state index in [9.17, 15) is 24.9 Å². The van der Waals surface area contributed by atoms with Crippen LogP contribution >= 0.6 is 0 Å². The van der Waals surface area contributed by atoms with Gasteiger partial charge in [0.1, 0.15) is 11.4 Å². The Morgan fingerprint density at radius 3 is 2.45 bits per heavy atom. The third kappa shape index (κ3) is 3.41. The predicted molar refractivity (Wildman–Crippen MR) is 124 cm³/mol. The van der Waals surface area contributed by atoms with Gasteiger partial charge in [0.2, 0.25) is 0 Å². The van der Waals surface area contributed by atoms with E-state index in [0.717, 1.165) is 25.8 Å². The molecule has 0 radical (unpaired) electrons. The fourth-order valence-corrected chi connectivity index (χ4v) is 9.12. The van der Waals surface area contributed by atoms with Crippen molar-refractivity contribution in [2.75, 3.05) is 13.1 Å². The average Bonchev–Trinajstić information content (AvgIpc) is 2.74. The summed E-state index contributed by atoms with van der Waals surface area (Å²) in [5.74, 6) is -0.00894. The quantitative estimate of drug-likeness (QED) is 0.555. The van der Waals surface area contributed by atoms with Crippen LogP contribution in [0.1, 0.15) is 72.6 Å². The van der Waals surface area contributed by atoms with Crippen molar-refractivity contribution < 1.29 is 24.9 Å². The fourth-order valence-electron chi connectivity index (χ4n) is 9.12. The summed E-state index contributed by atoms with van der Waals surface area (Å²) in [5, 5.41) is 33.1. The Balaban J connectivity index is 1.42. The minimum atomic E-state index is -1.34. The molecular weight excluding hydrogens is 418 g/mol. The molecule has 5 fully saturated rings. The Morgan fingerprint density at radius 1 is 1.00 bits per heavy atom. The topological polar surface area (TPSA) is 98.1 Å². The number of carbonyl (C=O) groups excluding carboxylic acids is 2. The van der Waals surface area contributed by atoms with E-state index < -0.39 is 23.2 Å². The molecule has 0 amide bonds. The maximum atomic E-state index is 14.0. The minimum absolute atomic E-state index is 0.00995. The maximum absolute atomic E-state index is 14.0. The van der Waals surface area contributed by atoms with E-state index in [1.54, 1.807) is 0 Å². The maximum Gasteiger partial charge on any atom is 0.169 e. The van der Waals surface area contributed by atoms with Crippen molar-refractivity contribution >= 4 is 11.6 Å². The van der Waals surface area contributed by atoms with E-state index in [1.807, 2.05) is 6.92 Å². The van der Waals surface area contributed by atoms with E-state index in [2.05, 4.69) is 25.7 Å². The molecule has 0 aromatic heterocycles. The zero-order chi connectivity index (χ0) is 23.9. The second kappa shape index (κ2) is 8.11. The number of piperidine rings is 2. The molecule has 6 heteroatoms. The first-order valence-corrected chi connectivity index (χ1v) is 13.4. The summed E-state index contributed by atoms with van der Waals surface area (Å²) in [6.45, 7) is 9.90. The molecule has 12 unspecified atom stereocenters. The summed E-state index contributed by atoms with van der Waals surface area (Å²) in [7, 11) is 0. The SMILES string of the molecule is CC1CCC2C(C)C3CCC(C4CC(=O)C5CC(O)CC(O)C5(C)C4C)C(=O)C3(O)CN2C1. The van der Waals surface area contributed by atoms with E-state index in [4.69, 9.17) is 0 Å². The van der Waals surface area contributed by atoms with Gasteiger partial charge >= 0.3 is 0 Å². The van der Waals surface area contributed by atoms with Crippen LogP contribution in [0.2, 0.25) is 0 Å². The number of carbonyl (C=O) groups is 2. The van der Waals surface area contributed by atoms with Gasteiger partial charge < -0.3 is 15.3 Å². The average molecular weight is 462 g/mol. The summed E-state index contributed by atoms with van der Waals surface area (Å²) in [6, 6.07) is 0.453. The number of fused-ring (bicyclic) bond motifs is 3. The second-order valence-electron chi connectivity index (χ2n) is 12.8. The number of aliphatic hydroxyl groups is 3. The number of Topliss-reactive ketones (excluding diaryl/α,β-unsaturated/α-hetero) is 2. The van der Waals surface area contributed by atoms with Crippen LogP contribution in [0.15, 0.2) is 0 Å². The number of hydrogen-bond donors (Lipinski definition) is 3. The molecule has 2 aliphatic heterocycles. The van der Waals surface area contributed by atoms with Gasteiger partial charge in [0.05, 0.1) is 12.2 Å². The zero-order valence-electron chi connectivity index (χ0n) is 20.7. The molecule has 2 heterocycles. The molecule has 3 saturated carbocycles. The van der Waals surface area contributed by atoms with Crippen molar-refractivity contribution in [2.24, 2.45) is 46.8 Å². The second-order valence-corrected chi connectivity index (χ2v) is 12.8. The Kier molecular flexibility index (Phi) is 5.87. The van der Waals surface area contributed by atoms with Crippen LogP contribution in [0, 0.1) is 46.8 Å². The van der Waals surface area contributed by atoms with E-state index in [0.29, 0.717) is 31.3 Å². The monoisotopic (exact) mass is 461 g/mol. The van der Waals surface area contributed by atoms with Crippen molar-refractivity contribution in [2.45, 2.75) is 96.5 Å². The van der Waals surface area contributed by atoms with Crippen molar-refractivity contribution in [3.05, 3.63) is 0 Å². The molecule has 0 spiro atoms. The lowest BCUT2D eigenvalue weighted by molar-refractivity contribution is -0.192. The van der Waals surface area contributed by atoms with Gasteiger partial charge in [0, 0.05) is 48.7 Å². The molecule has 0 aromatic carbocycles. The number of hydrogen-bond acceptors (Lipinski definition) is 6. The number of ketones is 2. The van der Waals surface area contributed by atoms with Crippen molar-refractivity contribution in [3.8, 4) is 0 Å². The van der Waals surface area contributed by atoms with Gasteiger partial charge in [-0.05, 0) is 62.2 Å². The van der Waals surface area contributed by atoms with E-state index in [-0.39, 0.29) is 53.5 Å². The lowest BCUT2D eigenvalue weighted by Gasteiger charge is -2.60. The summed E-state index contributed by atoms with van der Waals surface area (Å²) in [6.07, 6.45) is 3.51. The summed E-state index contributed by atoms with van der Waals surface area (Å²) < 4.78 is 0. The van der Waals surface area contributed by atoms with Gasteiger partial charge in [-0.3, -0.25) is 14.5 Å². The predicted octanol–water partition coefficient (Wildman–Crippen LogP) is 2.43. The third-order valence-corrected chi connectivity index (χ3v) is 11.3. The Labute approximate surface area is 198 Å². The summed E-state index contributed by atoms with van der Waals surface area (Å²) >= 11 is 0. The third-order valence-electron chi connectivity index (χ3n) is 11.3. The fraction of sp³-hybridized carbons (Fsp3) is 0.926. The molecular formula is C27H43NO5. The highest BCUT2D eigenvalue weighted by Crippen LogP contribution is 2.58. The van der Waals surface area contributed by atoms with E-state index in [1.165, 1.54) is 6.42 Å².